The predicted molar refractivity (Wildman–Crippen MR) is 126 cm³/mol. The number of para-hydroxylation sites is 2. The zero-order chi connectivity index (χ0) is 22.1. The van der Waals surface area contributed by atoms with Crippen LogP contribution < -0.4 is 15.0 Å². The van der Waals surface area contributed by atoms with E-state index < -0.39 is 11.8 Å². The number of hydrogen-bond acceptors (Lipinski definition) is 4. The number of ether oxygens (including phenoxy) is 1. The highest BCUT2D eigenvalue weighted by Crippen LogP contribution is 2.38. The summed E-state index contributed by atoms with van der Waals surface area (Å²) in [5.74, 6) is -0.368. The van der Waals surface area contributed by atoms with Gasteiger partial charge in [0.2, 0.25) is 0 Å². The number of anilines is 2. The first-order valence-corrected chi connectivity index (χ1v) is 10.3. The normalized spacial score (nSPS) is 13.7. The number of imide groups is 1. The third-order valence-electron chi connectivity index (χ3n) is 5.52. The Morgan fingerprint density at radius 1 is 0.719 bits per heavy atom. The second kappa shape index (κ2) is 8.04. The van der Waals surface area contributed by atoms with Crippen LogP contribution in [0.2, 0.25) is 0 Å². The molecule has 0 spiro atoms. The summed E-state index contributed by atoms with van der Waals surface area (Å²) >= 11 is 0. The van der Waals surface area contributed by atoms with Crippen LogP contribution in [0.5, 0.6) is 5.75 Å². The van der Waals surface area contributed by atoms with E-state index in [1.165, 1.54) is 12.0 Å². The van der Waals surface area contributed by atoms with Crippen LogP contribution in [0, 0.1) is 0 Å². The molecule has 0 unspecified atom stereocenters. The summed E-state index contributed by atoms with van der Waals surface area (Å²) in [6, 6.07) is 30.0. The van der Waals surface area contributed by atoms with Gasteiger partial charge in [-0.2, -0.15) is 0 Å². The van der Waals surface area contributed by atoms with E-state index in [0.29, 0.717) is 22.6 Å². The summed E-state index contributed by atoms with van der Waals surface area (Å²) in [6.07, 6.45) is 0. The van der Waals surface area contributed by atoms with E-state index in [0.717, 1.165) is 16.5 Å². The molecule has 4 aromatic carbocycles. The molecule has 0 bridgehead atoms. The molecule has 156 valence electrons. The summed E-state index contributed by atoms with van der Waals surface area (Å²) in [6.45, 7) is 0. The maximum atomic E-state index is 13.6. The Balaban J connectivity index is 1.67. The lowest BCUT2D eigenvalue weighted by Gasteiger charge is -2.18. The molecule has 4 aromatic rings. The first kappa shape index (κ1) is 19.6. The predicted octanol–water partition coefficient (Wildman–Crippen LogP) is 5.25. The number of hydrogen-bond donors (Lipinski definition) is 1. The molecule has 5 heteroatoms. The standard InChI is InChI=1S/C27H20N2O3/c1-32-23-17-8-7-16-22(23)29-26(30)24(19-11-3-2-4-12-19)25(27(29)31)28-21-15-9-13-18-10-5-6-14-20(18)21/h2-17,28H,1H3. The van der Waals surface area contributed by atoms with E-state index >= 15 is 0 Å². The lowest BCUT2D eigenvalue weighted by Crippen LogP contribution is -2.32. The Kier molecular flexibility index (Phi) is 4.92. The molecule has 5 nitrogen and oxygen atoms in total. The second-order valence-corrected chi connectivity index (χ2v) is 7.39. The highest BCUT2D eigenvalue weighted by atomic mass is 16.5. The van der Waals surface area contributed by atoms with Gasteiger partial charge >= 0.3 is 0 Å². The Bertz CT molecular complexity index is 1370. The Hall–Kier alpha value is -4.38. The Morgan fingerprint density at radius 3 is 2.22 bits per heavy atom. The smallest absolute Gasteiger partial charge is 0.282 e. The Morgan fingerprint density at radius 2 is 1.41 bits per heavy atom. The molecular weight excluding hydrogens is 400 g/mol. The number of fused-ring (bicyclic) bond motifs is 1. The number of nitrogens with zero attached hydrogens (tertiary/aromatic N) is 1. The van der Waals surface area contributed by atoms with Crippen LogP contribution in [0.25, 0.3) is 16.3 Å². The second-order valence-electron chi connectivity index (χ2n) is 7.39. The van der Waals surface area contributed by atoms with E-state index in [1.54, 1.807) is 24.3 Å². The molecule has 1 aliphatic rings. The van der Waals surface area contributed by atoms with Crippen molar-refractivity contribution >= 4 is 39.5 Å². The molecular formula is C27H20N2O3. The largest absolute Gasteiger partial charge is 0.495 e. The highest BCUT2D eigenvalue weighted by molar-refractivity contribution is 6.46. The quantitative estimate of drug-likeness (QED) is 0.448. The average molecular weight is 420 g/mol. The molecule has 0 aromatic heterocycles. The van der Waals surface area contributed by atoms with Gasteiger partial charge in [-0.05, 0) is 29.1 Å². The minimum absolute atomic E-state index is 0.239. The number of methoxy groups -OCH3 is 1. The van der Waals surface area contributed by atoms with Crippen molar-refractivity contribution in [2.45, 2.75) is 0 Å². The van der Waals surface area contributed by atoms with E-state index in [1.807, 2.05) is 72.8 Å². The fraction of sp³-hybridized carbons (Fsp3) is 0.0370. The third kappa shape index (κ3) is 3.20. The van der Waals surface area contributed by atoms with E-state index in [4.69, 9.17) is 4.74 Å². The van der Waals surface area contributed by atoms with Crippen LogP contribution in [-0.4, -0.2) is 18.9 Å². The molecule has 0 fully saturated rings. The van der Waals surface area contributed by atoms with Crippen molar-refractivity contribution < 1.29 is 14.3 Å². The molecule has 5 rings (SSSR count). The monoisotopic (exact) mass is 420 g/mol. The van der Waals surface area contributed by atoms with Gasteiger partial charge in [-0.25, -0.2) is 4.90 Å². The summed E-state index contributed by atoms with van der Waals surface area (Å²) in [5, 5.41) is 5.28. The zero-order valence-electron chi connectivity index (χ0n) is 17.4. The molecule has 1 N–H and O–H groups in total. The van der Waals surface area contributed by atoms with Crippen LogP contribution in [0.3, 0.4) is 0 Å². The number of nitrogens with one attached hydrogen (secondary N) is 1. The average Bonchev–Trinajstić information content (AvgIpc) is 3.08. The molecule has 1 heterocycles. The van der Waals surface area contributed by atoms with Crippen molar-refractivity contribution in [2.24, 2.45) is 0 Å². The van der Waals surface area contributed by atoms with Gasteiger partial charge in [0.1, 0.15) is 11.4 Å². The molecule has 0 saturated carbocycles. The number of carbonyl (C=O) groups is 2. The minimum Gasteiger partial charge on any atom is -0.495 e. The summed E-state index contributed by atoms with van der Waals surface area (Å²) < 4.78 is 5.42. The Labute approximate surface area is 185 Å². The summed E-state index contributed by atoms with van der Waals surface area (Å²) in [7, 11) is 1.52. The third-order valence-corrected chi connectivity index (χ3v) is 5.52. The molecule has 0 radical (unpaired) electrons. The highest BCUT2D eigenvalue weighted by Gasteiger charge is 2.41. The van der Waals surface area contributed by atoms with Gasteiger partial charge in [0, 0.05) is 11.1 Å². The van der Waals surface area contributed by atoms with E-state index in [2.05, 4.69) is 5.32 Å². The van der Waals surface area contributed by atoms with E-state index in [9.17, 15) is 9.59 Å². The van der Waals surface area contributed by atoms with Crippen molar-refractivity contribution in [3.63, 3.8) is 0 Å². The molecule has 1 aliphatic heterocycles. The minimum atomic E-state index is -0.425. The van der Waals surface area contributed by atoms with Crippen LogP contribution in [0.15, 0.2) is 103 Å². The van der Waals surface area contributed by atoms with Gasteiger partial charge in [0.15, 0.2) is 0 Å². The van der Waals surface area contributed by atoms with Gasteiger partial charge in [-0.1, -0.05) is 78.9 Å². The molecule has 2 amide bonds. The summed E-state index contributed by atoms with van der Waals surface area (Å²) in [4.78, 5) is 28.4. The van der Waals surface area contributed by atoms with Gasteiger partial charge in [-0.15, -0.1) is 0 Å². The topological polar surface area (TPSA) is 58.6 Å². The number of benzene rings is 4. The number of carbonyl (C=O) groups excluding carboxylic acids is 2. The van der Waals surface area contributed by atoms with Gasteiger partial charge < -0.3 is 10.1 Å². The van der Waals surface area contributed by atoms with Crippen molar-refractivity contribution in [3.05, 3.63) is 108 Å². The number of rotatable bonds is 5. The fourth-order valence-electron chi connectivity index (χ4n) is 4.02. The lowest BCUT2D eigenvalue weighted by atomic mass is 10.0. The lowest BCUT2D eigenvalue weighted by molar-refractivity contribution is -0.120. The van der Waals surface area contributed by atoms with Crippen molar-refractivity contribution in [3.8, 4) is 5.75 Å². The van der Waals surface area contributed by atoms with Crippen LogP contribution in [-0.2, 0) is 9.59 Å². The molecule has 0 atom stereocenters. The summed E-state index contributed by atoms with van der Waals surface area (Å²) in [5.41, 5.74) is 2.41. The molecule has 0 saturated heterocycles. The first-order valence-electron chi connectivity index (χ1n) is 10.3. The number of amides is 2. The van der Waals surface area contributed by atoms with Gasteiger partial charge in [0.05, 0.1) is 18.4 Å². The van der Waals surface area contributed by atoms with Crippen molar-refractivity contribution in [1.82, 2.24) is 0 Å². The van der Waals surface area contributed by atoms with Crippen molar-refractivity contribution in [1.29, 1.82) is 0 Å². The molecule has 0 aliphatic carbocycles. The maximum absolute atomic E-state index is 13.6. The van der Waals surface area contributed by atoms with Gasteiger partial charge in [-0.3, -0.25) is 9.59 Å². The van der Waals surface area contributed by atoms with Crippen LogP contribution >= 0.6 is 0 Å². The van der Waals surface area contributed by atoms with Gasteiger partial charge in [0.25, 0.3) is 11.8 Å². The fourth-order valence-corrected chi connectivity index (χ4v) is 4.02. The van der Waals surface area contributed by atoms with Crippen molar-refractivity contribution in [2.75, 3.05) is 17.3 Å². The first-order chi connectivity index (χ1) is 15.7. The van der Waals surface area contributed by atoms with E-state index in [-0.39, 0.29) is 5.70 Å². The molecule has 32 heavy (non-hydrogen) atoms. The maximum Gasteiger partial charge on any atom is 0.282 e. The SMILES string of the molecule is COc1ccccc1N1C(=O)C(Nc2cccc3ccccc23)=C(c2ccccc2)C1=O. The van der Waals surface area contributed by atoms with Crippen LogP contribution in [0.4, 0.5) is 11.4 Å². The van der Waals surface area contributed by atoms with Crippen LogP contribution in [0.1, 0.15) is 5.56 Å². The zero-order valence-corrected chi connectivity index (χ0v) is 17.4.